The average molecular weight is 650 g/mol. The monoisotopic (exact) mass is 649 g/mol. The van der Waals surface area contributed by atoms with Crippen LogP contribution >= 0.6 is 11.3 Å². The Balaban J connectivity index is 1.26. The number of benzene rings is 2. The number of nitrogens with zero attached hydrogens (tertiary/aromatic N) is 6. The molecule has 0 spiro atoms. The average Bonchev–Trinajstić information content (AvgIpc) is 3.62. The summed E-state index contributed by atoms with van der Waals surface area (Å²) in [6.07, 6.45) is 4.12. The van der Waals surface area contributed by atoms with Crippen molar-refractivity contribution < 1.29 is 22.0 Å². The van der Waals surface area contributed by atoms with Crippen LogP contribution in [0.5, 0.6) is 0 Å². The summed E-state index contributed by atoms with van der Waals surface area (Å²) in [4.78, 5) is 33.6. The molecule has 14 heteroatoms. The van der Waals surface area contributed by atoms with E-state index >= 15 is 0 Å². The predicted octanol–water partition coefficient (Wildman–Crippen LogP) is 4.85. The maximum absolute atomic E-state index is 14.1. The number of piperazine rings is 1. The number of thiophene rings is 1. The van der Waals surface area contributed by atoms with E-state index in [4.69, 9.17) is 0 Å². The molecule has 6 rings (SSSR count). The number of nitrogens with one attached hydrogen (secondary N) is 1. The van der Waals surface area contributed by atoms with E-state index in [0.29, 0.717) is 22.5 Å². The molecule has 4 heterocycles. The van der Waals surface area contributed by atoms with Crippen LogP contribution in [0.15, 0.2) is 89.7 Å². The van der Waals surface area contributed by atoms with Crippen LogP contribution in [0.2, 0.25) is 0 Å². The molecule has 1 aliphatic rings. The zero-order valence-corrected chi connectivity index (χ0v) is 25.8. The molecule has 232 valence electrons. The summed E-state index contributed by atoms with van der Waals surface area (Å²) >= 11 is 1.55. The van der Waals surface area contributed by atoms with Crippen LogP contribution in [0, 0.1) is 0 Å². The number of carbonyl (C=O) groups is 1. The molecule has 1 amide bonds. The van der Waals surface area contributed by atoms with Gasteiger partial charge in [-0.15, -0.1) is 11.3 Å². The number of alkyl halides is 2. The lowest BCUT2D eigenvalue weighted by atomic mass is 10.0. The van der Waals surface area contributed by atoms with E-state index in [1.165, 1.54) is 41.8 Å². The molecule has 45 heavy (non-hydrogen) atoms. The Morgan fingerprint density at radius 3 is 2.53 bits per heavy atom. The third kappa shape index (κ3) is 6.39. The fourth-order valence-electron chi connectivity index (χ4n) is 5.13. The molecule has 1 saturated heterocycles. The molecule has 1 atom stereocenters. The Bertz CT molecular complexity index is 1910. The molecule has 5 aromatic rings. The van der Waals surface area contributed by atoms with Gasteiger partial charge in [-0.05, 0) is 34.7 Å². The fourth-order valence-corrected chi connectivity index (χ4v) is 7.44. The minimum Gasteiger partial charge on any atom is -0.352 e. The molecule has 0 saturated carbocycles. The first kappa shape index (κ1) is 30.6. The van der Waals surface area contributed by atoms with Crippen LogP contribution in [0.25, 0.3) is 21.6 Å². The summed E-state index contributed by atoms with van der Waals surface area (Å²) in [5.41, 5.74) is 2.27. The van der Waals surface area contributed by atoms with Gasteiger partial charge in [0.25, 0.3) is 5.92 Å². The highest BCUT2D eigenvalue weighted by atomic mass is 32.2. The van der Waals surface area contributed by atoms with Crippen molar-refractivity contribution in [2.24, 2.45) is 0 Å². The smallest absolute Gasteiger partial charge is 0.273 e. The minimum absolute atomic E-state index is 0.00523. The van der Waals surface area contributed by atoms with Crippen LogP contribution in [-0.4, -0.2) is 64.2 Å². The molecular formula is C31H29F2N7O3S2. The van der Waals surface area contributed by atoms with Crippen LogP contribution in [0.3, 0.4) is 0 Å². The molecule has 2 aromatic carbocycles. The molecule has 0 bridgehead atoms. The number of sulfonamides is 1. The Labute approximate surface area is 262 Å². The van der Waals surface area contributed by atoms with E-state index in [-0.39, 0.29) is 43.1 Å². The normalized spacial score (nSPS) is 16.2. The van der Waals surface area contributed by atoms with Crippen LogP contribution in [0.4, 0.5) is 14.6 Å². The molecule has 1 aliphatic heterocycles. The first-order chi connectivity index (χ1) is 21.7. The lowest BCUT2D eigenvalue weighted by Gasteiger charge is -2.40. The van der Waals surface area contributed by atoms with Gasteiger partial charge >= 0.3 is 0 Å². The summed E-state index contributed by atoms with van der Waals surface area (Å²) in [6, 6.07) is 15.1. The SMILES string of the molecule is CCC(F)(F)c1ccc(CNC(=O)[C@H]2CN(c3cnc4cncnc4n3)CCN2S(=O)(=O)c2ccc(-c3cccs3)cc2)cc1. The quantitative estimate of drug-likeness (QED) is 0.241. The Morgan fingerprint density at radius 1 is 1.04 bits per heavy atom. The van der Waals surface area contributed by atoms with Crippen molar-refractivity contribution in [2.45, 2.75) is 36.7 Å². The van der Waals surface area contributed by atoms with Gasteiger partial charge in [-0.1, -0.05) is 49.4 Å². The summed E-state index contributed by atoms with van der Waals surface area (Å²) in [5.74, 6) is -3.02. The van der Waals surface area contributed by atoms with Gasteiger partial charge in [0, 0.05) is 43.0 Å². The first-order valence-corrected chi connectivity index (χ1v) is 16.6. The molecule has 10 nitrogen and oxygen atoms in total. The predicted molar refractivity (Wildman–Crippen MR) is 167 cm³/mol. The molecule has 1 fully saturated rings. The van der Waals surface area contributed by atoms with Crippen molar-refractivity contribution >= 4 is 44.2 Å². The van der Waals surface area contributed by atoms with Crippen LogP contribution < -0.4 is 10.2 Å². The van der Waals surface area contributed by atoms with Crippen molar-refractivity contribution in [3.63, 3.8) is 0 Å². The first-order valence-electron chi connectivity index (χ1n) is 14.2. The summed E-state index contributed by atoms with van der Waals surface area (Å²) in [7, 11) is -4.08. The number of fused-ring (bicyclic) bond motifs is 1. The number of hydrogen-bond acceptors (Lipinski definition) is 9. The maximum atomic E-state index is 14.1. The van der Waals surface area contributed by atoms with E-state index in [2.05, 4.69) is 25.3 Å². The summed E-state index contributed by atoms with van der Waals surface area (Å²) in [6.45, 7) is 1.72. The summed E-state index contributed by atoms with van der Waals surface area (Å²) < 4.78 is 57.3. The van der Waals surface area contributed by atoms with E-state index in [9.17, 15) is 22.0 Å². The van der Waals surface area contributed by atoms with Gasteiger partial charge in [0.05, 0.1) is 17.3 Å². The van der Waals surface area contributed by atoms with Gasteiger partial charge in [0.2, 0.25) is 15.9 Å². The second kappa shape index (κ2) is 12.5. The topological polar surface area (TPSA) is 121 Å². The molecule has 0 radical (unpaired) electrons. The molecule has 1 N–H and O–H groups in total. The van der Waals surface area contributed by atoms with E-state index in [1.54, 1.807) is 52.9 Å². The Kier molecular flexibility index (Phi) is 8.53. The van der Waals surface area contributed by atoms with Crippen LogP contribution in [0.1, 0.15) is 24.5 Å². The zero-order chi connectivity index (χ0) is 31.6. The number of halogens is 2. The molecular weight excluding hydrogens is 621 g/mol. The Hall–Kier alpha value is -4.40. The standard InChI is InChI=1S/C31H29F2N7O3S2/c1-2-31(32,33)23-9-5-21(6-10-23)16-36-30(41)26-19-39(28-18-35-25-17-34-20-37-29(25)38-28)13-14-40(26)45(42,43)24-11-7-22(8-12-24)27-4-3-15-44-27/h3-12,15,17-18,20,26H,2,13-14,16,19H2,1H3,(H,36,41)/t26-/m1/s1. The van der Waals surface area contributed by atoms with Crippen molar-refractivity contribution in [1.29, 1.82) is 0 Å². The number of aromatic nitrogens is 4. The van der Waals surface area contributed by atoms with Gasteiger partial charge < -0.3 is 10.2 Å². The highest BCUT2D eigenvalue weighted by molar-refractivity contribution is 7.89. The number of rotatable bonds is 9. The largest absolute Gasteiger partial charge is 0.352 e. The van der Waals surface area contributed by atoms with Gasteiger partial charge in [-0.3, -0.25) is 4.79 Å². The van der Waals surface area contributed by atoms with E-state index in [0.717, 1.165) is 10.4 Å². The van der Waals surface area contributed by atoms with E-state index in [1.807, 2.05) is 17.5 Å². The number of hydrogen-bond donors (Lipinski definition) is 1. The highest BCUT2D eigenvalue weighted by Crippen LogP contribution is 2.32. The second-order valence-electron chi connectivity index (χ2n) is 10.5. The van der Waals surface area contributed by atoms with Gasteiger partial charge in [-0.2, -0.15) is 4.31 Å². The van der Waals surface area contributed by atoms with Crippen molar-refractivity contribution in [3.8, 4) is 10.4 Å². The van der Waals surface area contributed by atoms with Crippen LogP contribution in [-0.2, 0) is 27.3 Å². The van der Waals surface area contributed by atoms with Gasteiger partial charge in [-0.25, -0.2) is 37.1 Å². The van der Waals surface area contributed by atoms with Gasteiger partial charge in [0.1, 0.15) is 23.7 Å². The molecule has 3 aromatic heterocycles. The minimum atomic E-state index is -4.08. The number of amides is 1. The third-order valence-corrected chi connectivity index (χ3v) is 10.6. The lowest BCUT2D eigenvalue weighted by Crippen LogP contribution is -2.60. The fraction of sp³-hybridized carbons (Fsp3) is 0.258. The molecule has 0 aliphatic carbocycles. The zero-order valence-electron chi connectivity index (χ0n) is 24.2. The maximum Gasteiger partial charge on any atom is 0.273 e. The number of anilines is 1. The molecule has 0 unspecified atom stereocenters. The van der Waals surface area contributed by atoms with E-state index < -0.39 is 27.9 Å². The van der Waals surface area contributed by atoms with Crippen molar-refractivity contribution in [3.05, 3.63) is 95.9 Å². The number of carbonyl (C=O) groups excluding carboxylic acids is 1. The summed E-state index contributed by atoms with van der Waals surface area (Å²) in [5, 5.41) is 4.76. The van der Waals surface area contributed by atoms with Crippen molar-refractivity contribution in [1.82, 2.24) is 29.6 Å². The highest BCUT2D eigenvalue weighted by Gasteiger charge is 2.40. The third-order valence-electron chi connectivity index (χ3n) is 7.72. The lowest BCUT2D eigenvalue weighted by molar-refractivity contribution is -0.125. The second-order valence-corrected chi connectivity index (χ2v) is 13.4. The Morgan fingerprint density at radius 2 is 1.82 bits per heavy atom. The van der Waals surface area contributed by atoms with Gasteiger partial charge in [0.15, 0.2) is 5.65 Å². The van der Waals surface area contributed by atoms with Crippen molar-refractivity contribution in [2.75, 3.05) is 24.5 Å².